The van der Waals surface area contributed by atoms with E-state index in [1.54, 1.807) is 0 Å². The molecule has 1 aromatic heterocycles. The zero-order valence-electron chi connectivity index (χ0n) is 11.6. The topological polar surface area (TPSA) is 72.2 Å². The van der Waals surface area contributed by atoms with Gasteiger partial charge in [-0.15, -0.1) is 11.3 Å². The molecule has 0 saturated carbocycles. The standard InChI is InChI=1S/C16H10ClFN2O2S/c17-13-9-3-1-2-4-12(9)23-14(13)16(22)20-8-5-6-11(18)10(7-8)15(19)21/h1-7H,(H2,19,21)(H,20,22). The summed E-state index contributed by atoms with van der Waals surface area (Å²) in [5.74, 6) is -2.08. The highest BCUT2D eigenvalue weighted by Gasteiger charge is 2.18. The zero-order chi connectivity index (χ0) is 16.6. The maximum Gasteiger partial charge on any atom is 0.267 e. The Morgan fingerprint density at radius 1 is 1.17 bits per heavy atom. The first-order valence-electron chi connectivity index (χ1n) is 6.55. The van der Waals surface area contributed by atoms with Gasteiger partial charge in [0, 0.05) is 15.8 Å². The number of anilines is 1. The average Bonchev–Trinajstić information content (AvgIpc) is 2.86. The van der Waals surface area contributed by atoms with Gasteiger partial charge >= 0.3 is 0 Å². The minimum absolute atomic E-state index is 0.263. The van der Waals surface area contributed by atoms with Gasteiger partial charge in [-0.3, -0.25) is 9.59 Å². The van der Waals surface area contributed by atoms with Crippen molar-refractivity contribution in [3.05, 3.63) is 63.7 Å². The first kappa shape index (κ1) is 15.5. The molecule has 0 aliphatic rings. The molecule has 2 aromatic carbocycles. The summed E-state index contributed by atoms with van der Waals surface area (Å²) in [6.07, 6.45) is 0. The maximum atomic E-state index is 13.5. The summed E-state index contributed by atoms with van der Waals surface area (Å²) in [4.78, 5) is 23.9. The number of amides is 2. The largest absolute Gasteiger partial charge is 0.366 e. The number of rotatable bonds is 3. The predicted molar refractivity (Wildman–Crippen MR) is 89.7 cm³/mol. The van der Waals surface area contributed by atoms with Gasteiger partial charge in [-0.05, 0) is 24.3 Å². The zero-order valence-corrected chi connectivity index (χ0v) is 13.2. The van der Waals surface area contributed by atoms with Crippen molar-refractivity contribution >= 4 is 50.5 Å². The second kappa shape index (κ2) is 5.98. The van der Waals surface area contributed by atoms with Gasteiger partial charge in [-0.1, -0.05) is 29.8 Å². The third-order valence-corrected chi connectivity index (χ3v) is 4.91. The van der Waals surface area contributed by atoms with E-state index in [-0.39, 0.29) is 11.3 Å². The van der Waals surface area contributed by atoms with Crippen molar-refractivity contribution in [3.8, 4) is 0 Å². The number of thiophene rings is 1. The number of carbonyl (C=O) groups excluding carboxylic acids is 2. The van der Waals surface area contributed by atoms with Crippen LogP contribution in [0.2, 0.25) is 5.02 Å². The van der Waals surface area contributed by atoms with Crippen molar-refractivity contribution in [2.45, 2.75) is 0 Å². The summed E-state index contributed by atoms with van der Waals surface area (Å²) >= 11 is 7.50. The third kappa shape index (κ3) is 2.91. The molecule has 0 aliphatic heterocycles. The van der Waals surface area contributed by atoms with Crippen LogP contribution < -0.4 is 11.1 Å². The molecule has 0 saturated heterocycles. The molecule has 2 amide bonds. The molecular weight excluding hydrogens is 339 g/mol. The normalized spacial score (nSPS) is 10.7. The monoisotopic (exact) mass is 348 g/mol. The Kier molecular flexibility index (Phi) is 4.02. The number of primary amides is 1. The highest BCUT2D eigenvalue weighted by molar-refractivity contribution is 7.21. The van der Waals surface area contributed by atoms with E-state index in [0.29, 0.717) is 9.90 Å². The molecule has 0 aliphatic carbocycles. The van der Waals surface area contributed by atoms with Gasteiger partial charge in [0.1, 0.15) is 10.7 Å². The highest BCUT2D eigenvalue weighted by atomic mass is 35.5. The molecular formula is C16H10ClFN2O2S. The van der Waals surface area contributed by atoms with Crippen LogP contribution in [0.3, 0.4) is 0 Å². The Hall–Kier alpha value is -2.44. The van der Waals surface area contributed by atoms with Crippen LogP contribution in [0.15, 0.2) is 42.5 Å². The van der Waals surface area contributed by atoms with Crippen molar-refractivity contribution in [1.82, 2.24) is 0 Å². The molecule has 0 fully saturated rings. The van der Waals surface area contributed by atoms with Crippen LogP contribution in [0.1, 0.15) is 20.0 Å². The highest BCUT2D eigenvalue weighted by Crippen LogP contribution is 2.35. The molecule has 0 unspecified atom stereocenters. The van der Waals surface area contributed by atoms with E-state index in [1.807, 2.05) is 24.3 Å². The van der Waals surface area contributed by atoms with E-state index in [0.717, 1.165) is 16.2 Å². The van der Waals surface area contributed by atoms with Crippen LogP contribution in [-0.4, -0.2) is 11.8 Å². The van der Waals surface area contributed by atoms with Crippen LogP contribution in [0.25, 0.3) is 10.1 Å². The Balaban J connectivity index is 1.93. The fraction of sp³-hybridized carbons (Fsp3) is 0. The molecule has 116 valence electrons. The maximum absolute atomic E-state index is 13.5. The molecule has 0 radical (unpaired) electrons. The lowest BCUT2D eigenvalue weighted by Gasteiger charge is -2.06. The molecule has 3 N–H and O–H groups in total. The van der Waals surface area contributed by atoms with Gasteiger partial charge < -0.3 is 11.1 Å². The lowest BCUT2D eigenvalue weighted by atomic mass is 10.1. The van der Waals surface area contributed by atoms with E-state index in [4.69, 9.17) is 17.3 Å². The Morgan fingerprint density at radius 3 is 2.61 bits per heavy atom. The number of benzene rings is 2. The number of hydrogen-bond acceptors (Lipinski definition) is 3. The lowest BCUT2D eigenvalue weighted by Crippen LogP contribution is -2.15. The Labute approximate surface area is 139 Å². The van der Waals surface area contributed by atoms with Crippen molar-refractivity contribution in [2.24, 2.45) is 5.73 Å². The fourth-order valence-corrected chi connectivity index (χ4v) is 3.55. The number of nitrogens with one attached hydrogen (secondary N) is 1. The second-order valence-corrected chi connectivity index (χ2v) is 6.18. The first-order valence-corrected chi connectivity index (χ1v) is 7.74. The number of carbonyl (C=O) groups is 2. The molecule has 1 heterocycles. The minimum Gasteiger partial charge on any atom is -0.366 e. The quantitative estimate of drug-likeness (QED) is 0.749. The molecule has 4 nitrogen and oxygen atoms in total. The van der Waals surface area contributed by atoms with Crippen LogP contribution in [0.5, 0.6) is 0 Å². The molecule has 23 heavy (non-hydrogen) atoms. The molecule has 7 heteroatoms. The van der Waals surface area contributed by atoms with Crippen LogP contribution in [0.4, 0.5) is 10.1 Å². The van der Waals surface area contributed by atoms with Gasteiger partial charge in [0.15, 0.2) is 0 Å². The van der Waals surface area contributed by atoms with E-state index in [9.17, 15) is 14.0 Å². The van der Waals surface area contributed by atoms with Gasteiger partial charge in [-0.2, -0.15) is 0 Å². The number of fused-ring (bicyclic) bond motifs is 1. The summed E-state index contributed by atoms with van der Waals surface area (Å²) in [7, 11) is 0. The predicted octanol–water partition coefficient (Wildman–Crippen LogP) is 4.05. The fourth-order valence-electron chi connectivity index (χ4n) is 2.14. The van der Waals surface area contributed by atoms with Crippen molar-refractivity contribution in [2.75, 3.05) is 5.32 Å². The molecule has 3 rings (SSSR count). The second-order valence-electron chi connectivity index (χ2n) is 4.75. The number of halogens is 2. The van der Waals surface area contributed by atoms with E-state index < -0.39 is 17.6 Å². The summed E-state index contributed by atoms with van der Waals surface area (Å²) in [6.45, 7) is 0. The third-order valence-electron chi connectivity index (χ3n) is 3.23. The number of hydrogen-bond donors (Lipinski definition) is 2. The van der Waals surface area contributed by atoms with Crippen molar-refractivity contribution < 1.29 is 14.0 Å². The minimum atomic E-state index is -0.904. The molecule has 0 bridgehead atoms. The van der Waals surface area contributed by atoms with Gasteiger partial charge in [0.05, 0.1) is 10.6 Å². The molecule has 0 spiro atoms. The summed E-state index contributed by atoms with van der Waals surface area (Å²) in [5, 5.41) is 3.75. The van der Waals surface area contributed by atoms with Crippen LogP contribution in [0, 0.1) is 5.82 Å². The van der Waals surface area contributed by atoms with Crippen LogP contribution >= 0.6 is 22.9 Å². The van der Waals surface area contributed by atoms with E-state index in [2.05, 4.69) is 5.32 Å². The number of nitrogens with two attached hydrogens (primary N) is 1. The SMILES string of the molecule is NC(=O)c1cc(NC(=O)c2sc3ccccc3c2Cl)ccc1F. The van der Waals surface area contributed by atoms with Gasteiger partial charge in [0.2, 0.25) is 0 Å². The van der Waals surface area contributed by atoms with E-state index >= 15 is 0 Å². The van der Waals surface area contributed by atoms with Gasteiger partial charge in [-0.25, -0.2) is 4.39 Å². The Morgan fingerprint density at radius 2 is 1.91 bits per heavy atom. The summed E-state index contributed by atoms with van der Waals surface area (Å²) < 4.78 is 14.3. The Bertz CT molecular complexity index is 939. The average molecular weight is 349 g/mol. The summed E-state index contributed by atoms with van der Waals surface area (Å²) in [6, 6.07) is 11.0. The van der Waals surface area contributed by atoms with Crippen molar-refractivity contribution in [1.29, 1.82) is 0 Å². The van der Waals surface area contributed by atoms with Crippen LogP contribution in [-0.2, 0) is 0 Å². The van der Waals surface area contributed by atoms with Gasteiger partial charge in [0.25, 0.3) is 11.8 Å². The first-order chi connectivity index (χ1) is 11.0. The summed E-state index contributed by atoms with van der Waals surface area (Å²) in [5.41, 5.74) is 5.07. The molecule has 0 atom stereocenters. The lowest BCUT2D eigenvalue weighted by molar-refractivity contribution is 0.0993. The van der Waals surface area contributed by atoms with E-state index in [1.165, 1.54) is 23.5 Å². The van der Waals surface area contributed by atoms with Crippen molar-refractivity contribution in [3.63, 3.8) is 0 Å². The molecule has 3 aromatic rings. The smallest absolute Gasteiger partial charge is 0.267 e.